The lowest BCUT2D eigenvalue weighted by atomic mass is 10.4. The molecule has 0 bridgehead atoms. The SMILES string of the molecule is [NH]C(=O)c1cc[nH]c(=O)n1. The largest absolute Gasteiger partial charge is 0.345 e. The van der Waals surface area contributed by atoms with Gasteiger partial charge in [-0.1, -0.05) is 0 Å². The molecule has 1 rings (SSSR count). The first-order valence-corrected chi connectivity index (χ1v) is 2.52. The topological polar surface area (TPSA) is 86.6 Å². The highest BCUT2D eigenvalue weighted by atomic mass is 16.2. The standard InChI is InChI=1S/C5H4N3O2/c6-4(9)3-1-2-7-5(10)8-3/h1-2,6H,(H,7,8,10). The number of amides is 1. The van der Waals surface area contributed by atoms with Crippen molar-refractivity contribution in [1.29, 1.82) is 0 Å². The van der Waals surface area contributed by atoms with Gasteiger partial charge in [-0.3, -0.25) is 10.5 Å². The second kappa shape index (κ2) is 2.30. The van der Waals surface area contributed by atoms with Crippen LogP contribution in [0.2, 0.25) is 0 Å². The summed E-state index contributed by atoms with van der Waals surface area (Å²) >= 11 is 0. The van der Waals surface area contributed by atoms with Gasteiger partial charge in [0.2, 0.25) is 0 Å². The summed E-state index contributed by atoms with van der Waals surface area (Å²) in [7, 11) is 0. The zero-order valence-electron chi connectivity index (χ0n) is 4.92. The summed E-state index contributed by atoms with van der Waals surface area (Å²) < 4.78 is 0. The molecule has 1 amide bonds. The fourth-order valence-electron chi connectivity index (χ4n) is 0.497. The van der Waals surface area contributed by atoms with Gasteiger partial charge in [0.05, 0.1) is 0 Å². The molecule has 0 unspecified atom stereocenters. The fraction of sp³-hybridized carbons (Fsp3) is 0. The average Bonchev–Trinajstić information content (AvgIpc) is 1.88. The molecular formula is C5H4N3O2. The Balaban J connectivity index is 3.20. The van der Waals surface area contributed by atoms with E-state index in [9.17, 15) is 9.59 Å². The molecule has 0 saturated heterocycles. The number of carbonyl (C=O) groups excluding carboxylic acids is 1. The van der Waals surface area contributed by atoms with Crippen molar-refractivity contribution >= 4 is 5.91 Å². The third kappa shape index (κ3) is 1.19. The first-order chi connectivity index (χ1) is 4.70. The summed E-state index contributed by atoms with van der Waals surface area (Å²) in [6.07, 6.45) is 1.27. The molecule has 5 nitrogen and oxygen atoms in total. The molecule has 0 aliphatic rings. The van der Waals surface area contributed by atoms with Crippen LogP contribution >= 0.6 is 0 Å². The zero-order valence-corrected chi connectivity index (χ0v) is 4.92. The summed E-state index contributed by atoms with van der Waals surface area (Å²) in [5, 5.41) is 0. The van der Waals surface area contributed by atoms with Gasteiger partial charge in [0.1, 0.15) is 5.69 Å². The molecule has 2 N–H and O–H groups in total. The van der Waals surface area contributed by atoms with Gasteiger partial charge < -0.3 is 4.98 Å². The Kier molecular flexibility index (Phi) is 1.49. The fourth-order valence-corrected chi connectivity index (χ4v) is 0.497. The summed E-state index contributed by atoms with van der Waals surface area (Å²) in [5.74, 6) is -0.953. The average molecular weight is 138 g/mol. The molecule has 5 heteroatoms. The van der Waals surface area contributed by atoms with E-state index in [2.05, 4.69) is 9.97 Å². The van der Waals surface area contributed by atoms with Crippen molar-refractivity contribution in [2.24, 2.45) is 0 Å². The van der Waals surface area contributed by atoms with Crippen molar-refractivity contribution in [3.63, 3.8) is 0 Å². The van der Waals surface area contributed by atoms with Gasteiger partial charge in [-0.05, 0) is 6.07 Å². The number of hydrogen-bond donors (Lipinski definition) is 1. The Morgan fingerprint density at radius 2 is 2.40 bits per heavy atom. The molecule has 1 aromatic rings. The first kappa shape index (κ1) is 6.47. The normalized spacial score (nSPS) is 9.20. The maximum atomic E-state index is 10.4. The Labute approximate surface area is 55.9 Å². The Bertz CT molecular complexity index is 304. The maximum absolute atomic E-state index is 10.4. The van der Waals surface area contributed by atoms with Crippen LogP contribution in [-0.2, 0) is 0 Å². The van der Waals surface area contributed by atoms with E-state index in [-0.39, 0.29) is 5.69 Å². The molecular weight excluding hydrogens is 134 g/mol. The van der Waals surface area contributed by atoms with E-state index in [1.807, 2.05) is 0 Å². The van der Waals surface area contributed by atoms with E-state index in [0.29, 0.717) is 0 Å². The molecule has 10 heavy (non-hydrogen) atoms. The highest BCUT2D eigenvalue weighted by molar-refractivity contribution is 5.89. The van der Waals surface area contributed by atoms with E-state index in [1.54, 1.807) is 0 Å². The van der Waals surface area contributed by atoms with Gasteiger partial charge in [-0.15, -0.1) is 0 Å². The number of carbonyl (C=O) groups is 1. The van der Waals surface area contributed by atoms with Crippen LogP contribution in [0.3, 0.4) is 0 Å². The number of hydrogen-bond acceptors (Lipinski definition) is 3. The van der Waals surface area contributed by atoms with Crippen LogP contribution in [0.15, 0.2) is 17.1 Å². The van der Waals surface area contributed by atoms with Gasteiger partial charge in [0, 0.05) is 6.20 Å². The van der Waals surface area contributed by atoms with Crippen LogP contribution in [0, 0.1) is 0 Å². The smallest absolute Gasteiger partial charge is 0.313 e. The van der Waals surface area contributed by atoms with E-state index in [0.717, 1.165) is 0 Å². The highest BCUT2D eigenvalue weighted by Crippen LogP contribution is 1.84. The zero-order chi connectivity index (χ0) is 7.56. The van der Waals surface area contributed by atoms with Crippen LogP contribution < -0.4 is 11.4 Å². The molecule has 1 heterocycles. The molecule has 0 aliphatic heterocycles. The van der Waals surface area contributed by atoms with Crippen LogP contribution in [0.25, 0.3) is 0 Å². The first-order valence-electron chi connectivity index (χ1n) is 2.52. The minimum absolute atomic E-state index is 0.135. The van der Waals surface area contributed by atoms with Crippen molar-refractivity contribution in [3.8, 4) is 0 Å². The van der Waals surface area contributed by atoms with Gasteiger partial charge in [-0.2, -0.15) is 4.98 Å². The second-order valence-corrected chi connectivity index (χ2v) is 1.61. The third-order valence-corrected chi connectivity index (χ3v) is 0.903. The number of rotatable bonds is 1. The number of aromatic amines is 1. The van der Waals surface area contributed by atoms with Crippen molar-refractivity contribution in [3.05, 3.63) is 28.4 Å². The predicted octanol–water partition coefficient (Wildman–Crippen LogP) is -0.807. The van der Waals surface area contributed by atoms with Crippen LogP contribution in [0.5, 0.6) is 0 Å². The van der Waals surface area contributed by atoms with E-state index in [1.165, 1.54) is 12.3 Å². The Hall–Kier alpha value is -1.65. The molecule has 0 aromatic carbocycles. The lowest BCUT2D eigenvalue weighted by Gasteiger charge is -1.87. The van der Waals surface area contributed by atoms with E-state index in [4.69, 9.17) is 5.73 Å². The van der Waals surface area contributed by atoms with Crippen molar-refractivity contribution in [2.75, 3.05) is 0 Å². The molecule has 1 aromatic heterocycles. The van der Waals surface area contributed by atoms with Crippen LogP contribution in [0.4, 0.5) is 0 Å². The number of nitrogens with one attached hydrogen (secondary N) is 2. The predicted molar refractivity (Wildman–Crippen MR) is 32.3 cm³/mol. The Morgan fingerprint density at radius 3 is 2.80 bits per heavy atom. The highest BCUT2D eigenvalue weighted by Gasteiger charge is 2.00. The van der Waals surface area contributed by atoms with Crippen molar-refractivity contribution in [2.45, 2.75) is 0 Å². The summed E-state index contributed by atoms with van der Waals surface area (Å²) in [6, 6.07) is 1.27. The van der Waals surface area contributed by atoms with Crippen LogP contribution in [-0.4, -0.2) is 15.9 Å². The molecule has 0 fully saturated rings. The molecule has 0 aliphatic carbocycles. The van der Waals surface area contributed by atoms with E-state index >= 15 is 0 Å². The Morgan fingerprint density at radius 1 is 1.70 bits per heavy atom. The number of aromatic nitrogens is 2. The summed E-state index contributed by atoms with van der Waals surface area (Å²) in [6.45, 7) is 0. The molecule has 0 atom stereocenters. The number of nitrogens with zero attached hydrogens (tertiary/aromatic N) is 1. The number of H-pyrrole nitrogens is 1. The molecule has 0 spiro atoms. The minimum atomic E-state index is -0.953. The third-order valence-electron chi connectivity index (χ3n) is 0.903. The maximum Gasteiger partial charge on any atom is 0.345 e. The summed E-state index contributed by atoms with van der Waals surface area (Å²) in [5.41, 5.74) is 5.81. The monoisotopic (exact) mass is 138 g/mol. The second-order valence-electron chi connectivity index (χ2n) is 1.61. The molecule has 1 radical (unpaired) electrons. The van der Waals surface area contributed by atoms with Crippen molar-refractivity contribution < 1.29 is 4.79 Å². The summed E-state index contributed by atoms with van der Waals surface area (Å²) in [4.78, 5) is 26.1. The van der Waals surface area contributed by atoms with E-state index < -0.39 is 11.6 Å². The quantitative estimate of drug-likeness (QED) is 0.550. The lowest BCUT2D eigenvalue weighted by molar-refractivity contribution is 0.0987. The minimum Gasteiger partial charge on any atom is -0.313 e. The van der Waals surface area contributed by atoms with Gasteiger partial charge in [0.25, 0.3) is 5.91 Å². The van der Waals surface area contributed by atoms with Gasteiger partial charge in [-0.25, -0.2) is 4.79 Å². The van der Waals surface area contributed by atoms with Gasteiger partial charge in [0.15, 0.2) is 0 Å². The van der Waals surface area contributed by atoms with Crippen LogP contribution in [0.1, 0.15) is 10.5 Å². The molecule has 0 saturated carbocycles. The lowest BCUT2D eigenvalue weighted by Crippen LogP contribution is -2.14. The molecule has 51 valence electrons. The van der Waals surface area contributed by atoms with Gasteiger partial charge >= 0.3 is 5.69 Å². The van der Waals surface area contributed by atoms with Crippen molar-refractivity contribution in [1.82, 2.24) is 15.7 Å².